The van der Waals surface area contributed by atoms with Gasteiger partial charge in [0, 0.05) is 24.1 Å². The van der Waals surface area contributed by atoms with Crippen LogP contribution < -0.4 is 15.4 Å². The van der Waals surface area contributed by atoms with Crippen LogP contribution >= 0.6 is 11.3 Å². The van der Waals surface area contributed by atoms with Crippen LogP contribution in [0.5, 0.6) is 0 Å². The van der Waals surface area contributed by atoms with Crippen LogP contribution in [0.1, 0.15) is 31.2 Å². The zero-order valence-corrected chi connectivity index (χ0v) is 17.9. The summed E-state index contributed by atoms with van der Waals surface area (Å²) in [6, 6.07) is -0.202. The van der Waals surface area contributed by atoms with Crippen molar-refractivity contribution in [1.82, 2.24) is 10.0 Å². The average Bonchev–Trinajstić information content (AvgIpc) is 3.03. The molecule has 1 saturated carbocycles. The van der Waals surface area contributed by atoms with Gasteiger partial charge in [-0.05, 0) is 18.2 Å². The summed E-state index contributed by atoms with van der Waals surface area (Å²) >= 11 is 1.05. The number of nitrogens with zero attached hydrogens (tertiary/aromatic N) is 1. The predicted molar refractivity (Wildman–Crippen MR) is 107 cm³/mol. The van der Waals surface area contributed by atoms with Crippen LogP contribution in [-0.2, 0) is 36.2 Å². The fraction of sp³-hybridized carbons (Fsp3) is 0.562. The van der Waals surface area contributed by atoms with Gasteiger partial charge in [0.1, 0.15) is 15.7 Å². The number of rotatable bonds is 4. The second-order valence-corrected chi connectivity index (χ2v) is 11.7. The SMILES string of the molecule is CS(=O)(=O)NCc1csc2c1S(=O)(=O)N=C(C1C(=O)N[C@@H]3CCCC[C@@H]3C1=O)N2. The standard InChI is InChI=1S/C16H20N4O6S3/c1-28(23,24)17-6-8-7-27-16-13(8)29(25,26)20-14(19-16)11-12(21)9-4-2-3-5-10(9)18-15(11)22/h7,9-11,17H,2-6H2,1H3,(H,18,22)(H,19,20)/t9-,10+,11?/m0/s1. The molecule has 1 amide bonds. The molecule has 0 spiro atoms. The van der Waals surface area contributed by atoms with Crippen molar-refractivity contribution < 1.29 is 26.4 Å². The molecular formula is C16H20N4O6S3. The summed E-state index contributed by atoms with van der Waals surface area (Å²) in [6.45, 7) is -0.205. The number of thiophene rings is 1. The Morgan fingerprint density at radius 3 is 2.72 bits per heavy atom. The number of Topliss-reactive ketones (excluding diaryl/α,β-unsaturated/α-hetero) is 1. The Balaban J connectivity index is 1.65. The fourth-order valence-corrected chi connectivity index (χ4v) is 7.10. The smallest absolute Gasteiger partial charge is 0.287 e. The van der Waals surface area contributed by atoms with Gasteiger partial charge in [0.05, 0.1) is 6.26 Å². The highest BCUT2D eigenvalue weighted by Gasteiger charge is 2.48. The molecule has 0 aromatic carbocycles. The van der Waals surface area contributed by atoms with Crippen molar-refractivity contribution in [2.24, 2.45) is 16.2 Å². The number of carbonyl (C=O) groups is 2. The summed E-state index contributed by atoms with van der Waals surface area (Å²) in [6.07, 6.45) is 4.20. The number of sulfonamides is 2. The third-order valence-corrected chi connectivity index (χ3v) is 8.50. The van der Waals surface area contributed by atoms with Gasteiger partial charge >= 0.3 is 0 Å². The van der Waals surface area contributed by atoms with Crippen LogP contribution in [0, 0.1) is 11.8 Å². The van der Waals surface area contributed by atoms with Crippen molar-refractivity contribution in [3.8, 4) is 0 Å². The van der Waals surface area contributed by atoms with E-state index in [1.165, 1.54) is 5.38 Å². The fourth-order valence-electron chi connectivity index (χ4n) is 4.03. The lowest BCUT2D eigenvalue weighted by Gasteiger charge is -2.38. The largest absolute Gasteiger partial charge is 0.352 e. The Labute approximate surface area is 172 Å². The van der Waals surface area contributed by atoms with Crippen LogP contribution in [-0.4, -0.2) is 46.7 Å². The van der Waals surface area contributed by atoms with Gasteiger partial charge < -0.3 is 10.6 Å². The Bertz CT molecular complexity index is 1120. The van der Waals surface area contributed by atoms with Crippen LogP contribution in [0.2, 0.25) is 0 Å². The van der Waals surface area contributed by atoms with E-state index >= 15 is 0 Å². The van der Waals surface area contributed by atoms with Gasteiger partial charge in [0.15, 0.2) is 11.7 Å². The van der Waals surface area contributed by atoms with E-state index in [4.69, 9.17) is 0 Å². The number of hydrogen-bond donors (Lipinski definition) is 3. The third-order valence-electron chi connectivity index (χ3n) is 5.34. The highest BCUT2D eigenvalue weighted by atomic mass is 32.2. The topological polar surface area (TPSA) is 151 Å². The second-order valence-electron chi connectivity index (χ2n) is 7.43. The minimum absolute atomic E-state index is 0.137. The summed E-state index contributed by atoms with van der Waals surface area (Å²) in [5.74, 6) is -2.68. The molecule has 1 aromatic heterocycles. The molecule has 29 heavy (non-hydrogen) atoms. The van der Waals surface area contributed by atoms with E-state index in [9.17, 15) is 26.4 Å². The van der Waals surface area contributed by atoms with Crippen LogP contribution in [0.15, 0.2) is 14.7 Å². The molecule has 10 nitrogen and oxygen atoms in total. The molecule has 0 radical (unpaired) electrons. The number of nitrogens with one attached hydrogen (secondary N) is 3. The van der Waals surface area contributed by atoms with E-state index in [-0.39, 0.29) is 45.6 Å². The van der Waals surface area contributed by atoms with E-state index in [1.54, 1.807) is 0 Å². The molecule has 3 aliphatic rings. The molecule has 3 atom stereocenters. The zero-order valence-electron chi connectivity index (χ0n) is 15.5. The van der Waals surface area contributed by atoms with E-state index in [0.717, 1.165) is 36.9 Å². The monoisotopic (exact) mass is 460 g/mol. The molecule has 3 N–H and O–H groups in total. The number of fused-ring (bicyclic) bond motifs is 2. The molecule has 2 aliphatic heterocycles. The first-order chi connectivity index (χ1) is 13.6. The Morgan fingerprint density at radius 2 is 2.00 bits per heavy atom. The molecular weight excluding hydrogens is 440 g/mol. The van der Waals surface area contributed by atoms with Crippen LogP contribution in [0.3, 0.4) is 0 Å². The van der Waals surface area contributed by atoms with Crippen molar-refractivity contribution in [3.63, 3.8) is 0 Å². The first kappa shape index (κ1) is 20.4. The maximum atomic E-state index is 13.0. The van der Waals surface area contributed by atoms with Gasteiger partial charge in [-0.1, -0.05) is 12.8 Å². The number of amides is 1. The van der Waals surface area contributed by atoms with Crippen molar-refractivity contribution in [1.29, 1.82) is 0 Å². The number of hydrogen-bond acceptors (Lipinski definition) is 8. The van der Waals surface area contributed by atoms with E-state index < -0.39 is 31.9 Å². The minimum atomic E-state index is -4.20. The predicted octanol–water partition coefficient (Wildman–Crippen LogP) is 0.184. The maximum absolute atomic E-state index is 13.0. The van der Waals surface area contributed by atoms with E-state index in [0.29, 0.717) is 6.42 Å². The van der Waals surface area contributed by atoms with Gasteiger partial charge in [0.25, 0.3) is 10.0 Å². The maximum Gasteiger partial charge on any atom is 0.287 e. The number of anilines is 1. The Hall–Kier alpha value is -1.83. The normalized spacial score (nSPS) is 28.6. The van der Waals surface area contributed by atoms with Crippen molar-refractivity contribution >= 4 is 53.9 Å². The van der Waals surface area contributed by atoms with Crippen LogP contribution in [0.4, 0.5) is 5.00 Å². The molecule has 3 heterocycles. The lowest BCUT2D eigenvalue weighted by molar-refractivity contribution is -0.139. The molecule has 1 saturated heterocycles. The molecule has 0 bridgehead atoms. The molecule has 1 unspecified atom stereocenters. The first-order valence-electron chi connectivity index (χ1n) is 9.08. The van der Waals surface area contributed by atoms with Crippen molar-refractivity contribution in [2.75, 3.05) is 11.6 Å². The quantitative estimate of drug-likeness (QED) is 0.542. The number of ketones is 1. The van der Waals surface area contributed by atoms with E-state index in [2.05, 4.69) is 19.8 Å². The van der Waals surface area contributed by atoms with E-state index in [1.807, 2.05) is 0 Å². The number of amidine groups is 1. The van der Waals surface area contributed by atoms with Gasteiger partial charge in [-0.25, -0.2) is 13.1 Å². The molecule has 4 rings (SSSR count). The summed E-state index contributed by atoms with van der Waals surface area (Å²) in [5.41, 5.74) is 0.248. The summed E-state index contributed by atoms with van der Waals surface area (Å²) < 4.78 is 54.2. The molecule has 13 heteroatoms. The van der Waals surface area contributed by atoms with Gasteiger partial charge in [-0.15, -0.1) is 15.7 Å². The molecule has 1 aliphatic carbocycles. The number of piperidine rings is 1. The zero-order chi connectivity index (χ0) is 21.0. The highest BCUT2D eigenvalue weighted by Crippen LogP contribution is 2.39. The first-order valence-corrected chi connectivity index (χ1v) is 13.3. The van der Waals surface area contributed by atoms with Gasteiger partial charge in [-0.3, -0.25) is 9.59 Å². The van der Waals surface area contributed by atoms with Crippen molar-refractivity contribution in [3.05, 3.63) is 10.9 Å². The summed E-state index contributed by atoms with van der Waals surface area (Å²) in [7, 11) is -7.71. The Morgan fingerprint density at radius 1 is 1.28 bits per heavy atom. The minimum Gasteiger partial charge on any atom is -0.352 e. The molecule has 2 fully saturated rings. The Kier molecular flexibility index (Phi) is 5.04. The molecule has 158 valence electrons. The third kappa shape index (κ3) is 3.83. The van der Waals surface area contributed by atoms with Gasteiger partial charge in [-0.2, -0.15) is 8.42 Å². The molecule has 1 aromatic rings. The average molecular weight is 461 g/mol. The number of carbonyl (C=O) groups excluding carboxylic acids is 2. The second kappa shape index (κ2) is 7.15. The summed E-state index contributed by atoms with van der Waals surface area (Å²) in [4.78, 5) is 25.4. The van der Waals surface area contributed by atoms with Crippen LogP contribution in [0.25, 0.3) is 0 Å². The lowest BCUT2D eigenvalue weighted by atomic mass is 9.74. The van der Waals surface area contributed by atoms with Crippen molar-refractivity contribution in [2.45, 2.75) is 43.2 Å². The van der Waals surface area contributed by atoms with Gasteiger partial charge in [0.2, 0.25) is 15.9 Å². The summed E-state index contributed by atoms with van der Waals surface area (Å²) in [5, 5.41) is 7.39. The highest BCUT2D eigenvalue weighted by molar-refractivity contribution is 7.91. The lowest BCUT2D eigenvalue weighted by Crippen LogP contribution is -2.59.